The van der Waals surface area contributed by atoms with E-state index < -0.39 is 6.10 Å². The van der Waals surface area contributed by atoms with Crippen LogP contribution in [0.1, 0.15) is 19.3 Å². The van der Waals surface area contributed by atoms with Gasteiger partial charge in [-0.1, -0.05) is 18.6 Å². The first-order valence-electron chi connectivity index (χ1n) is 7.71. The van der Waals surface area contributed by atoms with Gasteiger partial charge in [-0.15, -0.1) is 0 Å². The summed E-state index contributed by atoms with van der Waals surface area (Å²) in [6.07, 6.45) is 3.21. The summed E-state index contributed by atoms with van der Waals surface area (Å²) >= 11 is 0. The van der Waals surface area contributed by atoms with Crippen molar-refractivity contribution in [1.29, 1.82) is 0 Å². The summed E-state index contributed by atoms with van der Waals surface area (Å²) in [4.78, 5) is 14.6. The van der Waals surface area contributed by atoms with Crippen molar-refractivity contribution in [2.24, 2.45) is 0 Å². The van der Waals surface area contributed by atoms with Gasteiger partial charge >= 0.3 is 0 Å². The van der Waals surface area contributed by atoms with Crippen LogP contribution in [0.15, 0.2) is 24.3 Å². The first-order valence-corrected chi connectivity index (χ1v) is 7.71. The van der Waals surface area contributed by atoms with Gasteiger partial charge in [-0.2, -0.15) is 0 Å². The minimum absolute atomic E-state index is 0.0315. The zero-order valence-electron chi connectivity index (χ0n) is 12.5. The molecule has 21 heavy (non-hydrogen) atoms. The molecule has 0 spiro atoms. The molecule has 2 atom stereocenters. The second-order valence-electron chi connectivity index (χ2n) is 5.86. The largest absolute Gasteiger partial charge is 0.477 e. The summed E-state index contributed by atoms with van der Waals surface area (Å²) in [6, 6.07) is 8.16. The van der Waals surface area contributed by atoms with Crippen molar-refractivity contribution in [2.75, 3.05) is 32.0 Å². The number of nitrogens with one attached hydrogen (secondary N) is 2. The Morgan fingerprint density at radius 3 is 3.14 bits per heavy atom. The lowest BCUT2D eigenvalue weighted by molar-refractivity contribution is -0.127. The highest BCUT2D eigenvalue weighted by Gasteiger charge is 2.27. The van der Waals surface area contributed by atoms with Gasteiger partial charge in [0.2, 0.25) is 0 Å². The number of rotatable bonds is 3. The molecule has 2 aliphatic heterocycles. The molecule has 1 amide bonds. The molecule has 0 radical (unpaired) electrons. The number of para-hydroxylation sites is 2. The van der Waals surface area contributed by atoms with Gasteiger partial charge in [0.05, 0.1) is 12.2 Å². The van der Waals surface area contributed by atoms with Gasteiger partial charge in [0.15, 0.2) is 6.10 Å². The van der Waals surface area contributed by atoms with Gasteiger partial charge in [-0.05, 0) is 38.6 Å². The SMILES string of the molecule is CN1CCCCC1CNC(=O)C1CNc2ccccc2O1. The van der Waals surface area contributed by atoms with Gasteiger partial charge < -0.3 is 20.3 Å². The molecule has 114 valence electrons. The Balaban J connectivity index is 1.52. The number of ether oxygens (including phenoxy) is 1. The highest BCUT2D eigenvalue weighted by Crippen LogP contribution is 2.28. The van der Waals surface area contributed by atoms with Crippen molar-refractivity contribution in [3.05, 3.63) is 24.3 Å². The number of likely N-dealkylation sites (tertiary alicyclic amines) is 1. The first-order chi connectivity index (χ1) is 10.2. The summed E-state index contributed by atoms with van der Waals surface area (Å²) in [5, 5.41) is 6.28. The van der Waals surface area contributed by atoms with Crippen LogP contribution in [0.5, 0.6) is 5.75 Å². The molecule has 1 saturated heterocycles. The van der Waals surface area contributed by atoms with Crippen LogP contribution < -0.4 is 15.4 Å². The highest BCUT2D eigenvalue weighted by atomic mass is 16.5. The van der Waals surface area contributed by atoms with E-state index in [0.29, 0.717) is 19.1 Å². The van der Waals surface area contributed by atoms with Crippen LogP contribution in [0, 0.1) is 0 Å². The second kappa shape index (κ2) is 6.35. The fourth-order valence-corrected chi connectivity index (χ4v) is 2.99. The predicted octanol–water partition coefficient (Wildman–Crippen LogP) is 1.46. The molecular formula is C16H23N3O2. The van der Waals surface area contributed by atoms with Crippen molar-refractivity contribution < 1.29 is 9.53 Å². The Hall–Kier alpha value is -1.75. The number of hydrogen-bond acceptors (Lipinski definition) is 4. The van der Waals surface area contributed by atoms with Crippen molar-refractivity contribution in [1.82, 2.24) is 10.2 Å². The molecule has 5 heteroatoms. The predicted molar refractivity (Wildman–Crippen MR) is 82.6 cm³/mol. The number of likely N-dealkylation sites (N-methyl/N-ethyl adjacent to an activating group) is 1. The van der Waals surface area contributed by atoms with E-state index in [1.165, 1.54) is 12.8 Å². The highest BCUT2D eigenvalue weighted by molar-refractivity contribution is 5.83. The Labute approximate surface area is 125 Å². The number of fused-ring (bicyclic) bond motifs is 1. The molecular weight excluding hydrogens is 266 g/mol. The van der Waals surface area contributed by atoms with Gasteiger partial charge in [0.25, 0.3) is 5.91 Å². The van der Waals surface area contributed by atoms with E-state index >= 15 is 0 Å². The van der Waals surface area contributed by atoms with Crippen LogP contribution in [-0.2, 0) is 4.79 Å². The number of hydrogen-bond donors (Lipinski definition) is 2. The van der Waals surface area contributed by atoms with E-state index in [0.717, 1.165) is 24.4 Å². The molecule has 2 unspecified atom stereocenters. The minimum Gasteiger partial charge on any atom is -0.477 e. The van der Waals surface area contributed by atoms with E-state index in [1.807, 2.05) is 24.3 Å². The fourth-order valence-electron chi connectivity index (χ4n) is 2.99. The van der Waals surface area contributed by atoms with Crippen molar-refractivity contribution >= 4 is 11.6 Å². The molecule has 1 aromatic rings. The summed E-state index contributed by atoms with van der Waals surface area (Å²) in [5.41, 5.74) is 0.952. The third kappa shape index (κ3) is 3.29. The second-order valence-corrected chi connectivity index (χ2v) is 5.86. The lowest BCUT2D eigenvalue weighted by atomic mass is 10.0. The zero-order chi connectivity index (χ0) is 14.7. The van der Waals surface area contributed by atoms with Crippen molar-refractivity contribution in [3.8, 4) is 5.75 Å². The number of amides is 1. The van der Waals surface area contributed by atoms with Crippen LogP contribution >= 0.6 is 0 Å². The summed E-state index contributed by atoms with van der Waals surface area (Å²) in [7, 11) is 2.13. The monoisotopic (exact) mass is 289 g/mol. The molecule has 1 aromatic carbocycles. The van der Waals surface area contributed by atoms with Crippen molar-refractivity contribution in [2.45, 2.75) is 31.4 Å². The summed E-state index contributed by atoms with van der Waals surface area (Å²) in [6.45, 7) is 2.34. The van der Waals surface area contributed by atoms with Crippen molar-refractivity contribution in [3.63, 3.8) is 0 Å². The number of carbonyl (C=O) groups excluding carboxylic acids is 1. The maximum Gasteiger partial charge on any atom is 0.263 e. The average molecular weight is 289 g/mol. The van der Waals surface area contributed by atoms with Crippen LogP contribution in [0.2, 0.25) is 0 Å². The number of piperidine rings is 1. The average Bonchev–Trinajstić information content (AvgIpc) is 2.53. The van der Waals surface area contributed by atoms with E-state index in [-0.39, 0.29) is 5.91 Å². The van der Waals surface area contributed by atoms with Gasteiger partial charge in [0, 0.05) is 12.6 Å². The molecule has 0 bridgehead atoms. The molecule has 0 aliphatic carbocycles. The van der Waals surface area contributed by atoms with Crippen LogP contribution in [0.25, 0.3) is 0 Å². The quantitative estimate of drug-likeness (QED) is 0.884. The number of nitrogens with zero attached hydrogens (tertiary/aromatic N) is 1. The topological polar surface area (TPSA) is 53.6 Å². The summed E-state index contributed by atoms with van der Waals surface area (Å²) < 4.78 is 5.77. The molecule has 2 heterocycles. The van der Waals surface area contributed by atoms with Gasteiger partial charge in [-0.25, -0.2) is 0 Å². The molecule has 0 aromatic heterocycles. The standard InChI is InChI=1S/C16H23N3O2/c1-19-9-5-4-6-12(19)10-18-16(20)15-11-17-13-7-2-3-8-14(13)21-15/h2-3,7-8,12,15,17H,4-6,9-11H2,1H3,(H,18,20). The van der Waals surface area contributed by atoms with Crippen LogP contribution in [0.3, 0.4) is 0 Å². The maximum absolute atomic E-state index is 12.3. The Morgan fingerprint density at radius 1 is 1.43 bits per heavy atom. The normalized spacial score (nSPS) is 25.4. The van der Waals surface area contributed by atoms with Crippen LogP contribution in [-0.4, -0.2) is 49.6 Å². The van der Waals surface area contributed by atoms with Gasteiger partial charge in [-0.3, -0.25) is 4.79 Å². The number of anilines is 1. The van der Waals surface area contributed by atoms with E-state index in [9.17, 15) is 4.79 Å². The Bertz CT molecular complexity index is 506. The molecule has 3 rings (SSSR count). The number of benzene rings is 1. The van der Waals surface area contributed by atoms with Gasteiger partial charge in [0.1, 0.15) is 5.75 Å². The fraction of sp³-hybridized carbons (Fsp3) is 0.562. The number of carbonyl (C=O) groups is 1. The molecule has 2 aliphatic rings. The lowest BCUT2D eigenvalue weighted by Gasteiger charge is -2.33. The third-order valence-electron chi connectivity index (χ3n) is 4.36. The van der Waals surface area contributed by atoms with E-state index in [4.69, 9.17) is 4.74 Å². The molecule has 1 fully saturated rings. The Morgan fingerprint density at radius 2 is 2.29 bits per heavy atom. The smallest absolute Gasteiger partial charge is 0.263 e. The van der Waals surface area contributed by atoms with Crippen LogP contribution in [0.4, 0.5) is 5.69 Å². The first kappa shape index (κ1) is 14.2. The minimum atomic E-state index is -0.450. The van der Waals surface area contributed by atoms with E-state index in [1.54, 1.807) is 0 Å². The Kier molecular flexibility index (Phi) is 4.29. The van der Waals surface area contributed by atoms with E-state index in [2.05, 4.69) is 22.6 Å². The third-order valence-corrected chi connectivity index (χ3v) is 4.36. The molecule has 0 saturated carbocycles. The lowest BCUT2D eigenvalue weighted by Crippen LogP contribution is -2.50. The maximum atomic E-state index is 12.3. The summed E-state index contributed by atoms with van der Waals surface area (Å²) in [5.74, 6) is 0.717. The molecule has 5 nitrogen and oxygen atoms in total. The zero-order valence-corrected chi connectivity index (χ0v) is 12.5. The molecule has 2 N–H and O–H groups in total.